The van der Waals surface area contributed by atoms with Crippen molar-refractivity contribution in [1.82, 2.24) is 9.78 Å². The highest BCUT2D eigenvalue weighted by Crippen LogP contribution is 2.26. The van der Waals surface area contributed by atoms with Gasteiger partial charge in [0.15, 0.2) is 0 Å². The second-order valence-electron chi connectivity index (χ2n) is 5.04. The molecule has 2 N–H and O–H groups in total. The van der Waals surface area contributed by atoms with Gasteiger partial charge in [0.05, 0.1) is 11.9 Å². The maximum absolute atomic E-state index is 5.91. The number of nitrogens with two attached hydrogens (primary N) is 1. The number of aromatic nitrogens is 2. The number of rotatable bonds is 3. The van der Waals surface area contributed by atoms with Crippen LogP contribution in [0.3, 0.4) is 0 Å². The van der Waals surface area contributed by atoms with Gasteiger partial charge in [-0.2, -0.15) is 5.10 Å². The summed E-state index contributed by atoms with van der Waals surface area (Å²) in [5, 5.41) is 4.45. The zero-order valence-corrected chi connectivity index (χ0v) is 13.3. The summed E-state index contributed by atoms with van der Waals surface area (Å²) in [6.45, 7) is 1.98. The number of hydrogen-bond donors (Lipinski definition) is 1. The van der Waals surface area contributed by atoms with Crippen LogP contribution in [0.5, 0.6) is 0 Å². The van der Waals surface area contributed by atoms with E-state index in [2.05, 4.69) is 33.2 Å². The molecule has 1 heterocycles. The monoisotopic (exact) mass is 341 g/mol. The molecule has 0 spiro atoms. The normalized spacial score (nSPS) is 12.3. The average molecular weight is 342 g/mol. The zero-order chi connectivity index (χ0) is 14.8. The molecule has 4 heteroatoms. The quantitative estimate of drug-likeness (QED) is 0.770. The fourth-order valence-corrected chi connectivity index (χ4v) is 2.80. The number of halogens is 1. The molecule has 0 aliphatic rings. The maximum Gasteiger partial charge on any atom is 0.0787 e. The van der Waals surface area contributed by atoms with E-state index in [-0.39, 0.29) is 6.04 Å². The molecule has 0 saturated heterocycles. The van der Waals surface area contributed by atoms with Crippen molar-refractivity contribution in [3.8, 4) is 16.8 Å². The minimum absolute atomic E-state index is 0.0212. The van der Waals surface area contributed by atoms with Crippen LogP contribution in [0.4, 0.5) is 0 Å². The molecule has 0 aliphatic carbocycles. The Labute approximate surface area is 132 Å². The molecule has 21 heavy (non-hydrogen) atoms. The van der Waals surface area contributed by atoms with E-state index >= 15 is 0 Å². The van der Waals surface area contributed by atoms with Crippen molar-refractivity contribution in [1.29, 1.82) is 0 Å². The van der Waals surface area contributed by atoms with E-state index in [4.69, 9.17) is 5.73 Å². The topological polar surface area (TPSA) is 43.8 Å². The smallest absolute Gasteiger partial charge is 0.0787 e. The number of benzene rings is 2. The van der Waals surface area contributed by atoms with Crippen molar-refractivity contribution in [2.75, 3.05) is 0 Å². The fourth-order valence-electron chi connectivity index (χ4n) is 2.23. The molecule has 0 amide bonds. The van der Waals surface area contributed by atoms with Crippen molar-refractivity contribution >= 4 is 15.9 Å². The van der Waals surface area contributed by atoms with Gasteiger partial charge in [-0.05, 0) is 46.1 Å². The van der Waals surface area contributed by atoms with Crippen LogP contribution >= 0.6 is 15.9 Å². The molecule has 3 nitrogen and oxygen atoms in total. The lowest BCUT2D eigenvalue weighted by atomic mass is 10.1. The highest BCUT2D eigenvalue weighted by atomic mass is 79.9. The predicted octanol–water partition coefficient (Wildman–Crippen LogP) is 4.32. The first-order chi connectivity index (χ1) is 10.1. The minimum atomic E-state index is 0.0212. The van der Waals surface area contributed by atoms with E-state index in [0.717, 1.165) is 26.9 Å². The van der Waals surface area contributed by atoms with E-state index in [9.17, 15) is 0 Å². The van der Waals surface area contributed by atoms with Gasteiger partial charge < -0.3 is 5.73 Å². The largest absolute Gasteiger partial charge is 0.324 e. The van der Waals surface area contributed by atoms with E-state index in [1.165, 1.54) is 0 Å². The molecule has 0 saturated carbocycles. The fraction of sp³-hybridized carbons (Fsp3) is 0.118. The van der Waals surface area contributed by atoms with Crippen LogP contribution in [-0.2, 0) is 0 Å². The molecule has 106 valence electrons. The van der Waals surface area contributed by atoms with Crippen molar-refractivity contribution < 1.29 is 0 Å². The summed E-state index contributed by atoms with van der Waals surface area (Å²) in [4.78, 5) is 0. The van der Waals surface area contributed by atoms with Crippen LogP contribution in [0.15, 0.2) is 65.4 Å². The third-order valence-corrected chi connectivity index (χ3v) is 4.07. The van der Waals surface area contributed by atoms with Crippen molar-refractivity contribution in [2.24, 2.45) is 5.73 Å². The third-order valence-electron chi connectivity index (χ3n) is 3.43. The van der Waals surface area contributed by atoms with Gasteiger partial charge in [-0.3, -0.25) is 0 Å². The Kier molecular flexibility index (Phi) is 3.90. The van der Waals surface area contributed by atoms with Gasteiger partial charge >= 0.3 is 0 Å². The molecule has 1 atom stereocenters. The van der Waals surface area contributed by atoms with Gasteiger partial charge in [0.25, 0.3) is 0 Å². The molecule has 0 radical (unpaired) electrons. The summed E-state index contributed by atoms with van der Waals surface area (Å²) in [5.74, 6) is 0. The van der Waals surface area contributed by atoms with Crippen molar-refractivity contribution in [3.63, 3.8) is 0 Å². The molecule has 0 unspecified atom stereocenters. The first kappa shape index (κ1) is 14.0. The molecule has 2 aromatic carbocycles. The average Bonchev–Trinajstić information content (AvgIpc) is 2.97. The van der Waals surface area contributed by atoms with Crippen molar-refractivity contribution in [2.45, 2.75) is 13.0 Å². The molecule has 3 aromatic rings. The molecular weight excluding hydrogens is 326 g/mol. The van der Waals surface area contributed by atoms with Crippen LogP contribution in [0, 0.1) is 0 Å². The molecular formula is C17H16BrN3. The van der Waals surface area contributed by atoms with E-state index in [1.807, 2.05) is 60.4 Å². The van der Waals surface area contributed by atoms with Gasteiger partial charge in [0, 0.05) is 22.3 Å². The lowest BCUT2D eigenvalue weighted by molar-refractivity contribution is 0.812. The Morgan fingerprint density at radius 3 is 2.52 bits per heavy atom. The molecule has 3 rings (SSSR count). The summed E-state index contributed by atoms with van der Waals surface area (Å²) in [7, 11) is 0. The summed E-state index contributed by atoms with van der Waals surface area (Å²) in [6.07, 6.45) is 3.90. The maximum atomic E-state index is 5.91. The lowest BCUT2D eigenvalue weighted by Crippen LogP contribution is -2.05. The Morgan fingerprint density at radius 1 is 1.10 bits per heavy atom. The van der Waals surface area contributed by atoms with Crippen molar-refractivity contribution in [3.05, 3.63) is 71.0 Å². The zero-order valence-electron chi connectivity index (χ0n) is 11.7. The van der Waals surface area contributed by atoms with Crippen LogP contribution in [0.1, 0.15) is 18.5 Å². The second-order valence-corrected chi connectivity index (χ2v) is 5.89. The molecule has 0 fully saturated rings. The first-order valence-electron chi connectivity index (χ1n) is 6.80. The first-order valence-corrected chi connectivity index (χ1v) is 7.60. The van der Waals surface area contributed by atoms with E-state index < -0.39 is 0 Å². The van der Waals surface area contributed by atoms with Gasteiger partial charge in [-0.15, -0.1) is 0 Å². The highest BCUT2D eigenvalue weighted by Gasteiger charge is 2.08. The molecule has 0 aliphatic heterocycles. The van der Waals surface area contributed by atoms with Crippen LogP contribution < -0.4 is 5.73 Å². The second kappa shape index (κ2) is 5.84. The van der Waals surface area contributed by atoms with Gasteiger partial charge in [-0.25, -0.2) is 4.68 Å². The molecule has 1 aromatic heterocycles. The number of hydrogen-bond acceptors (Lipinski definition) is 2. The summed E-state index contributed by atoms with van der Waals surface area (Å²) >= 11 is 3.60. The summed E-state index contributed by atoms with van der Waals surface area (Å²) < 4.78 is 2.86. The lowest BCUT2D eigenvalue weighted by Gasteiger charge is -2.09. The summed E-state index contributed by atoms with van der Waals surface area (Å²) in [5.41, 5.74) is 10.3. The van der Waals surface area contributed by atoms with Crippen LogP contribution in [-0.4, -0.2) is 9.78 Å². The van der Waals surface area contributed by atoms with Gasteiger partial charge in [0.1, 0.15) is 0 Å². The minimum Gasteiger partial charge on any atom is -0.324 e. The Bertz CT molecular complexity index is 748. The van der Waals surface area contributed by atoms with E-state index in [1.54, 1.807) is 0 Å². The Balaban J connectivity index is 1.97. The van der Waals surface area contributed by atoms with Gasteiger partial charge in [0.2, 0.25) is 0 Å². The standard InChI is InChI=1S/C17H16BrN3/c1-12(19)14-7-8-17(16(18)9-14)21-11-15(10-20-21)13-5-3-2-4-6-13/h2-12H,19H2,1H3/t12-/m1/s1. The Hall–Kier alpha value is -1.91. The van der Waals surface area contributed by atoms with E-state index in [0.29, 0.717) is 0 Å². The number of nitrogens with zero attached hydrogens (tertiary/aromatic N) is 2. The predicted molar refractivity (Wildman–Crippen MR) is 89.3 cm³/mol. The SMILES string of the molecule is C[C@@H](N)c1ccc(-n2cc(-c3ccccc3)cn2)c(Br)c1. The molecule has 0 bridgehead atoms. The summed E-state index contributed by atoms with van der Waals surface area (Å²) in [6, 6.07) is 16.4. The highest BCUT2D eigenvalue weighted by molar-refractivity contribution is 9.10. The van der Waals surface area contributed by atoms with Gasteiger partial charge in [-0.1, -0.05) is 36.4 Å². The van der Waals surface area contributed by atoms with Crippen LogP contribution in [0.25, 0.3) is 16.8 Å². The Morgan fingerprint density at radius 2 is 1.86 bits per heavy atom. The third kappa shape index (κ3) is 2.91. The van der Waals surface area contributed by atoms with Crippen LogP contribution in [0.2, 0.25) is 0 Å².